The Balaban J connectivity index is 1.70. The van der Waals surface area contributed by atoms with Gasteiger partial charge < -0.3 is 18.7 Å². The second-order valence-electron chi connectivity index (χ2n) is 5.16. The highest BCUT2D eigenvalue weighted by Crippen LogP contribution is 2.24. The lowest BCUT2D eigenvalue weighted by Crippen LogP contribution is -2.07. The fourth-order valence-electron chi connectivity index (χ4n) is 2.24. The van der Waals surface area contributed by atoms with Crippen molar-refractivity contribution in [3.05, 3.63) is 58.9 Å². The van der Waals surface area contributed by atoms with Crippen molar-refractivity contribution in [2.24, 2.45) is 0 Å². The van der Waals surface area contributed by atoms with Crippen molar-refractivity contribution >= 4 is 17.6 Å². The van der Waals surface area contributed by atoms with Crippen molar-refractivity contribution in [1.29, 1.82) is 0 Å². The lowest BCUT2D eigenvalue weighted by atomic mass is 10.2. The summed E-state index contributed by atoms with van der Waals surface area (Å²) < 4.78 is 20.6. The van der Waals surface area contributed by atoms with Gasteiger partial charge in [-0.2, -0.15) is 4.98 Å². The molecule has 1 aromatic heterocycles. The van der Waals surface area contributed by atoms with E-state index in [1.165, 1.54) is 13.2 Å². The molecule has 1 heterocycles. The van der Waals surface area contributed by atoms with E-state index in [0.29, 0.717) is 22.3 Å². The summed E-state index contributed by atoms with van der Waals surface area (Å²) in [6.45, 7) is -0.175. The van der Waals surface area contributed by atoms with Gasteiger partial charge in [-0.15, -0.1) is 0 Å². The Morgan fingerprint density at radius 2 is 2.00 bits per heavy atom. The van der Waals surface area contributed by atoms with Crippen molar-refractivity contribution in [3.8, 4) is 22.9 Å². The quantitative estimate of drug-likeness (QED) is 0.607. The lowest BCUT2D eigenvalue weighted by molar-refractivity contribution is 0.0426. The summed E-state index contributed by atoms with van der Waals surface area (Å²) in [6, 6.07) is 11.9. The number of nitrogens with zero attached hydrogens (tertiary/aromatic N) is 2. The summed E-state index contributed by atoms with van der Waals surface area (Å²) in [6.07, 6.45) is 0. The third-order valence-electron chi connectivity index (χ3n) is 3.50. The third kappa shape index (κ3) is 3.94. The van der Waals surface area contributed by atoms with Crippen molar-refractivity contribution < 1.29 is 23.5 Å². The van der Waals surface area contributed by atoms with Gasteiger partial charge in [-0.25, -0.2) is 4.79 Å². The molecule has 0 atom stereocenters. The SMILES string of the molecule is COc1cccc(-c2noc(COC(=O)c3cc(Cl)ccc3OC)n2)c1. The summed E-state index contributed by atoms with van der Waals surface area (Å²) in [7, 11) is 3.03. The van der Waals surface area contributed by atoms with Crippen molar-refractivity contribution in [2.75, 3.05) is 14.2 Å². The van der Waals surface area contributed by atoms with Gasteiger partial charge >= 0.3 is 5.97 Å². The standard InChI is InChI=1S/C18H15ClN2O5/c1-23-13-5-3-4-11(8-13)17-20-16(26-21-17)10-25-18(22)14-9-12(19)6-7-15(14)24-2/h3-9H,10H2,1-2H3. The number of carbonyl (C=O) groups is 1. The highest BCUT2D eigenvalue weighted by atomic mass is 35.5. The van der Waals surface area contributed by atoms with Crippen LogP contribution in [0.2, 0.25) is 5.02 Å². The molecule has 0 bridgehead atoms. The molecule has 0 N–H and O–H groups in total. The van der Waals surface area contributed by atoms with Gasteiger partial charge in [0.15, 0.2) is 6.61 Å². The number of benzene rings is 2. The number of hydrogen-bond acceptors (Lipinski definition) is 7. The fraction of sp³-hybridized carbons (Fsp3) is 0.167. The van der Waals surface area contributed by atoms with E-state index in [0.717, 1.165) is 5.56 Å². The van der Waals surface area contributed by atoms with Gasteiger partial charge in [-0.1, -0.05) is 28.9 Å². The van der Waals surface area contributed by atoms with Crippen LogP contribution >= 0.6 is 11.6 Å². The Kier molecular flexibility index (Phi) is 5.38. The highest BCUT2D eigenvalue weighted by Gasteiger charge is 2.17. The van der Waals surface area contributed by atoms with E-state index in [1.54, 1.807) is 25.3 Å². The molecule has 2 aromatic carbocycles. The zero-order valence-electron chi connectivity index (χ0n) is 14.1. The van der Waals surface area contributed by atoms with Crippen LogP contribution in [0.4, 0.5) is 0 Å². The number of aromatic nitrogens is 2. The first-order valence-corrected chi connectivity index (χ1v) is 7.96. The van der Waals surface area contributed by atoms with Crippen molar-refractivity contribution in [2.45, 2.75) is 6.61 Å². The molecule has 0 spiro atoms. The number of esters is 1. The third-order valence-corrected chi connectivity index (χ3v) is 3.74. The first kappa shape index (κ1) is 17.8. The van der Waals surface area contributed by atoms with Gasteiger partial charge in [-0.05, 0) is 30.3 Å². The zero-order chi connectivity index (χ0) is 18.5. The maximum Gasteiger partial charge on any atom is 0.342 e. The van der Waals surface area contributed by atoms with Crippen LogP contribution in [0, 0.1) is 0 Å². The molecule has 0 aliphatic heterocycles. The molecule has 0 aliphatic rings. The van der Waals surface area contributed by atoms with E-state index in [2.05, 4.69) is 10.1 Å². The summed E-state index contributed by atoms with van der Waals surface area (Å²) in [5, 5.41) is 4.28. The molecular formula is C18H15ClN2O5. The zero-order valence-corrected chi connectivity index (χ0v) is 14.8. The Labute approximate surface area is 154 Å². The van der Waals surface area contributed by atoms with E-state index in [1.807, 2.05) is 18.2 Å². The minimum Gasteiger partial charge on any atom is -0.497 e. The molecule has 0 unspecified atom stereocenters. The molecule has 134 valence electrons. The van der Waals surface area contributed by atoms with Gasteiger partial charge in [0.05, 0.1) is 14.2 Å². The highest BCUT2D eigenvalue weighted by molar-refractivity contribution is 6.31. The first-order chi connectivity index (χ1) is 12.6. The van der Waals surface area contributed by atoms with Crippen molar-refractivity contribution in [3.63, 3.8) is 0 Å². The molecule has 3 aromatic rings. The molecule has 0 saturated carbocycles. The maximum absolute atomic E-state index is 12.2. The predicted octanol–water partition coefficient (Wildman–Crippen LogP) is 3.76. The summed E-state index contributed by atoms with van der Waals surface area (Å²) in [4.78, 5) is 16.5. The molecule has 0 amide bonds. The Bertz CT molecular complexity index is 925. The van der Waals surface area contributed by atoms with E-state index in [9.17, 15) is 4.79 Å². The van der Waals surface area contributed by atoms with Gasteiger partial charge in [0.2, 0.25) is 5.82 Å². The summed E-state index contributed by atoms with van der Waals surface area (Å²) in [5.74, 6) is 0.966. The molecule has 26 heavy (non-hydrogen) atoms. The van der Waals surface area contributed by atoms with Gasteiger partial charge in [-0.3, -0.25) is 0 Å². The van der Waals surface area contributed by atoms with Crippen LogP contribution in [0.25, 0.3) is 11.4 Å². The van der Waals surface area contributed by atoms with Crippen LogP contribution in [0.15, 0.2) is 47.0 Å². The number of ether oxygens (including phenoxy) is 3. The topological polar surface area (TPSA) is 83.7 Å². The molecular weight excluding hydrogens is 360 g/mol. The van der Waals surface area contributed by atoms with E-state index in [4.69, 9.17) is 30.3 Å². The van der Waals surface area contributed by atoms with E-state index >= 15 is 0 Å². The summed E-state index contributed by atoms with van der Waals surface area (Å²) in [5.41, 5.74) is 0.940. The van der Waals surface area contributed by atoms with Crippen molar-refractivity contribution in [1.82, 2.24) is 10.1 Å². The molecule has 8 heteroatoms. The predicted molar refractivity (Wildman–Crippen MR) is 93.4 cm³/mol. The van der Waals surface area contributed by atoms with Gasteiger partial charge in [0, 0.05) is 10.6 Å². The van der Waals surface area contributed by atoms with Crippen LogP contribution in [0.3, 0.4) is 0 Å². The number of carbonyl (C=O) groups excluding carboxylic acids is 1. The number of halogens is 1. The average molecular weight is 375 g/mol. The van der Waals surface area contributed by atoms with Crippen LogP contribution in [0.1, 0.15) is 16.2 Å². The molecule has 0 radical (unpaired) electrons. The minimum absolute atomic E-state index is 0.164. The monoisotopic (exact) mass is 374 g/mol. The molecule has 0 aliphatic carbocycles. The number of methoxy groups -OCH3 is 2. The molecule has 0 saturated heterocycles. The summed E-state index contributed by atoms with van der Waals surface area (Å²) >= 11 is 5.92. The second kappa shape index (κ2) is 7.88. The van der Waals surface area contributed by atoms with Crippen LogP contribution in [-0.2, 0) is 11.3 Å². The van der Waals surface area contributed by atoms with E-state index in [-0.39, 0.29) is 18.1 Å². The van der Waals surface area contributed by atoms with E-state index < -0.39 is 5.97 Å². The Morgan fingerprint density at radius 1 is 1.15 bits per heavy atom. The van der Waals surface area contributed by atoms with Crippen LogP contribution in [0.5, 0.6) is 11.5 Å². The average Bonchev–Trinajstić information content (AvgIpc) is 3.15. The van der Waals surface area contributed by atoms with Gasteiger partial charge in [0.25, 0.3) is 5.89 Å². The first-order valence-electron chi connectivity index (χ1n) is 7.58. The Morgan fingerprint density at radius 3 is 2.77 bits per heavy atom. The smallest absolute Gasteiger partial charge is 0.342 e. The lowest BCUT2D eigenvalue weighted by Gasteiger charge is -2.07. The molecule has 3 rings (SSSR count). The minimum atomic E-state index is -0.606. The van der Waals surface area contributed by atoms with Gasteiger partial charge in [0.1, 0.15) is 17.1 Å². The maximum atomic E-state index is 12.2. The number of hydrogen-bond donors (Lipinski definition) is 0. The van der Waals surface area contributed by atoms with Crippen LogP contribution < -0.4 is 9.47 Å². The Hall–Kier alpha value is -3.06. The fourth-order valence-corrected chi connectivity index (χ4v) is 2.41. The molecule has 7 nitrogen and oxygen atoms in total. The van der Waals surface area contributed by atoms with Crippen LogP contribution in [-0.4, -0.2) is 30.3 Å². The normalized spacial score (nSPS) is 10.4. The number of rotatable bonds is 6. The molecule has 0 fully saturated rings. The largest absolute Gasteiger partial charge is 0.497 e. The second-order valence-corrected chi connectivity index (χ2v) is 5.60.